The third kappa shape index (κ3) is 3.54. The quantitative estimate of drug-likeness (QED) is 0.771. The Balaban J connectivity index is 2.12. The van der Waals surface area contributed by atoms with E-state index >= 15 is 0 Å². The molecule has 20 heavy (non-hydrogen) atoms. The lowest BCUT2D eigenvalue weighted by atomic mass is 10.2. The summed E-state index contributed by atoms with van der Waals surface area (Å²) < 4.78 is 12.8. The standard InChI is InChI=1S/C17H16FNO/c1-2-19(16-6-4-3-5-7-16)17(20)13-10-14-8-11-15(18)12-9-14/h3-13H,2H2,1H3/b13-10+. The van der Waals surface area contributed by atoms with Crippen molar-refractivity contribution in [3.63, 3.8) is 0 Å². The van der Waals surface area contributed by atoms with E-state index in [1.165, 1.54) is 18.2 Å². The molecule has 0 aliphatic carbocycles. The maximum atomic E-state index is 12.8. The second-order valence-electron chi connectivity index (χ2n) is 4.30. The molecule has 0 bridgehead atoms. The highest BCUT2D eigenvalue weighted by atomic mass is 19.1. The van der Waals surface area contributed by atoms with Gasteiger partial charge in [0.25, 0.3) is 5.91 Å². The molecule has 2 nitrogen and oxygen atoms in total. The Hall–Kier alpha value is -2.42. The van der Waals surface area contributed by atoms with E-state index in [1.54, 1.807) is 23.1 Å². The van der Waals surface area contributed by atoms with Gasteiger partial charge in [0, 0.05) is 18.3 Å². The van der Waals surface area contributed by atoms with Gasteiger partial charge in [-0.25, -0.2) is 4.39 Å². The summed E-state index contributed by atoms with van der Waals surface area (Å²) in [6.07, 6.45) is 3.19. The van der Waals surface area contributed by atoms with Gasteiger partial charge in [-0.15, -0.1) is 0 Å². The number of carbonyl (C=O) groups excluding carboxylic acids is 1. The number of amides is 1. The second kappa shape index (κ2) is 6.66. The Morgan fingerprint density at radius 2 is 1.75 bits per heavy atom. The van der Waals surface area contributed by atoms with E-state index < -0.39 is 0 Å². The Kier molecular flexibility index (Phi) is 4.66. The molecule has 2 rings (SSSR count). The summed E-state index contributed by atoms with van der Waals surface area (Å²) in [4.78, 5) is 13.9. The van der Waals surface area contributed by atoms with Crippen LogP contribution in [0.15, 0.2) is 60.7 Å². The number of likely N-dealkylation sites (N-methyl/N-ethyl adjacent to an activating group) is 1. The molecule has 0 spiro atoms. The van der Waals surface area contributed by atoms with E-state index in [-0.39, 0.29) is 11.7 Å². The molecule has 0 N–H and O–H groups in total. The summed E-state index contributed by atoms with van der Waals surface area (Å²) >= 11 is 0. The topological polar surface area (TPSA) is 20.3 Å². The van der Waals surface area contributed by atoms with Crippen LogP contribution in [0.1, 0.15) is 12.5 Å². The van der Waals surface area contributed by atoms with Crippen LogP contribution in [-0.4, -0.2) is 12.5 Å². The molecule has 0 aliphatic rings. The first-order valence-electron chi connectivity index (χ1n) is 6.51. The van der Waals surface area contributed by atoms with Crippen molar-refractivity contribution < 1.29 is 9.18 Å². The minimum atomic E-state index is -0.284. The first kappa shape index (κ1) is 14.0. The van der Waals surface area contributed by atoms with E-state index in [0.717, 1.165) is 11.3 Å². The molecule has 0 radical (unpaired) electrons. The highest BCUT2D eigenvalue weighted by Gasteiger charge is 2.09. The maximum absolute atomic E-state index is 12.8. The number of nitrogens with zero attached hydrogens (tertiary/aromatic N) is 1. The molecule has 0 fully saturated rings. The largest absolute Gasteiger partial charge is 0.309 e. The Morgan fingerprint density at radius 3 is 2.35 bits per heavy atom. The molecule has 102 valence electrons. The summed E-state index contributed by atoms with van der Waals surface area (Å²) in [5.41, 5.74) is 1.66. The van der Waals surface area contributed by atoms with Gasteiger partial charge in [0.05, 0.1) is 0 Å². The van der Waals surface area contributed by atoms with Crippen LogP contribution in [0.25, 0.3) is 6.08 Å². The molecule has 0 atom stereocenters. The molecule has 3 heteroatoms. The van der Waals surface area contributed by atoms with Gasteiger partial charge in [0.2, 0.25) is 0 Å². The third-order valence-corrected chi connectivity index (χ3v) is 2.94. The van der Waals surface area contributed by atoms with E-state index in [4.69, 9.17) is 0 Å². The Labute approximate surface area is 118 Å². The fraction of sp³-hybridized carbons (Fsp3) is 0.118. The van der Waals surface area contributed by atoms with Crippen LogP contribution in [0.5, 0.6) is 0 Å². The van der Waals surface area contributed by atoms with Crippen molar-refractivity contribution in [2.24, 2.45) is 0 Å². The normalized spacial score (nSPS) is 10.7. The smallest absolute Gasteiger partial charge is 0.250 e. The van der Waals surface area contributed by atoms with Gasteiger partial charge >= 0.3 is 0 Å². The van der Waals surface area contributed by atoms with Crippen molar-refractivity contribution in [1.29, 1.82) is 0 Å². The second-order valence-corrected chi connectivity index (χ2v) is 4.30. The predicted molar refractivity (Wildman–Crippen MR) is 79.9 cm³/mol. The van der Waals surface area contributed by atoms with Crippen molar-refractivity contribution in [3.8, 4) is 0 Å². The minimum absolute atomic E-state index is 0.0944. The fourth-order valence-corrected chi connectivity index (χ4v) is 1.90. The molecule has 1 amide bonds. The number of anilines is 1. The van der Waals surface area contributed by atoms with Crippen LogP contribution in [0.2, 0.25) is 0 Å². The van der Waals surface area contributed by atoms with Crippen molar-refractivity contribution >= 4 is 17.7 Å². The number of hydrogen-bond donors (Lipinski definition) is 0. The number of carbonyl (C=O) groups is 1. The molecule has 0 aliphatic heterocycles. The van der Waals surface area contributed by atoms with E-state index in [9.17, 15) is 9.18 Å². The SMILES string of the molecule is CCN(C(=O)/C=C/c1ccc(F)cc1)c1ccccc1. The Morgan fingerprint density at radius 1 is 1.10 bits per heavy atom. The molecule has 2 aromatic carbocycles. The summed E-state index contributed by atoms with van der Waals surface area (Å²) in [6, 6.07) is 15.5. The summed E-state index contributed by atoms with van der Waals surface area (Å²) in [6.45, 7) is 2.52. The zero-order valence-electron chi connectivity index (χ0n) is 11.3. The van der Waals surface area contributed by atoms with Gasteiger partial charge in [0.15, 0.2) is 0 Å². The van der Waals surface area contributed by atoms with Crippen LogP contribution in [-0.2, 0) is 4.79 Å². The zero-order chi connectivity index (χ0) is 14.4. The lowest BCUT2D eigenvalue weighted by Crippen LogP contribution is -2.28. The molecule has 0 unspecified atom stereocenters. The predicted octanol–water partition coefficient (Wildman–Crippen LogP) is 3.89. The van der Waals surface area contributed by atoms with Crippen LogP contribution in [0.3, 0.4) is 0 Å². The van der Waals surface area contributed by atoms with Gasteiger partial charge in [-0.05, 0) is 42.8 Å². The molecular weight excluding hydrogens is 253 g/mol. The van der Waals surface area contributed by atoms with Gasteiger partial charge in [-0.1, -0.05) is 30.3 Å². The lowest BCUT2D eigenvalue weighted by Gasteiger charge is -2.19. The van der Waals surface area contributed by atoms with E-state index in [1.807, 2.05) is 37.3 Å². The molecule has 0 heterocycles. The highest BCUT2D eigenvalue weighted by Crippen LogP contribution is 2.14. The molecule has 0 saturated carbocycles. The van der Waals surface area contributed by atoms with Crippen LogP contribution in [0.4, 0.5) is 10.1 Å². The van der Waals surface area contributed by atoms with Crippen LogP contribution < -0.4 is 4.90 Å². The highest BCUT2D eigenvalue weighted by molar-refractivity contribution is 6.03. The average Bonchev–Trinajstić information content (AvgIpc) is 2.48. The first-order chi connectivity index (χ1) is 9.70. The van der Waals surface area contributed by atoms with Gasteiger partial charge in [-0.3, -0.25) is 4.79 Å². The van der Waals surface area contributed by atoms with Crippen LogP contribution in [0, 0.1) is 5.82 Å². The van der Waals surface area contributed by atoms with Crippen molar-refractivity contribution in [2.45, 2.75) is 6.92 Å². The van der Waals surface area contributed by atoms with E-state index in [2.05, 4.69) is 0 Å². The minimum Gasteiger partial charge on any atom is -0.309 e. The van der Waals surface area contributed by atoms with E-state index in [0.29, 0.717) is 6.54 Å². The molecular formula is C17H16FNO. The fourth-order valence-electron chi connectivity index (χ4n) is 1.90. The number of para-hydroxylation sites is 1. The summed E-state index contributed by atoms with van der Waals surface area (Å²) in [7, 11) is 0. The lowest BCUT2D eigenvalue weighted by molar-refractivity contribution is -0.114. The summed E-state index contributed by atoms with van der Waals surface area (Å²) in [5.74, 6) is -0.379. The Bertz CT molecular complexity index is 590. The number of halogens is 1. The monoisotopic (exact) mass is 269 g/mol. The van der Waals surface area contributed by atoms with Crippen LogP contribution >= 0.6 is 0 Å². The number of rotatable bonds is 4. The first-order valence-corrected chi connectivity index (χ1v) is 6.51. The molecule has 0 aromatic heterocycles. The third-order valence-electron chi connectivity index (χ3n) is 2.94. The number of benzene rings is 2. The van der Waals surface area contributed by atoms with Crippen molar-refractivity contribution in [1.82, 2.24) is 0 Å². The molecule has 2 aromatic rings. The number of hydrogen-bond acceptors (Lipinski definition) is 1. The summed E-state index contributed by atoms with van der Waals surface area (Å²) in [5, 5.41) is 0. The average molecular weight is 269 g/mol. The van der Waals surface area contributed by atoms with Crippen molar-refractivity contribution in [3.05, 3.63) is 72.1 Å². The maximum Gasteiger partial charge on any atom is 0.250 e. The van der Waals surface area contributed by atoms with Crippen molar-refractivity contribution in [2.75, 3.05) is 11.4 Å². The zero-order valence-corrected chi connectivity index (χ0v) is 11.3. The van der Waals surface area contributed by atoms with Gasteiger partial charge in [-0.2, -0.15) is 0 Å². The van der Waals surface area contributed by atoms with Gasteiger partial charge in [0.1, 0.15) is 5.82 Å². The van der Waals surface area contributed by atoms with Gasteiger partial charge < -0.3 is 4.90 Å². The molecule has 0 saturated heterocycles.